The number of methoxy groups -OCH3 is 2. The van der Waals surface area contributed by atoms with Gasteiger partial charge in [0.1, 0.15) is 18.0 Å². The van der Waals surface area contributed by atoms with Crippen molar-refractivity contribution < 1.29 is 22.7 Å². The van der Waals surface area contributed by atoms with Gasteiger partial charge in [0.25, 0.3) is 0 Å². The average molecular weight is 483 g/mol. The van der Waals surface area contributed by atoms with Crippen LogP contribution in [0, 0.1) is 6.92 Å². The van der Waals surface area contributed by atoms with Crippen LogP contribution in [-0.4, -0.2) is 41.3 Å². The third kappa shape index (κ3) is 6.07. The van der Waals surface area contributed by atoms with Gasteiger partial charge < -0.3 is 14.8 Å². The van der Waals surface area contributed by atoms with Crippen molar-refractivity contribution in [2.45, 2.75) is 39.7 Å². The molecule has 1 amide bonds. The van der Waals surface area contributed by atoms with Crippen molar-refractivity contribution in [2.24, 2.45) is 0 Å². The Morgan fingerprint density at radius 3 is 2.19 bits per heavy atom. The van der Waals surface area contributed by atoms with E-state index in [4.69, 9.17) is 21.1 Å². The Balaban J connectivity index is 2.27. The second-order valence-electron chi connectivity index (χ2n) is 7.98. The summed E-state index contributed by atoms with van der Waals surface area (Å²) in [7, 11) is -0.625. The van der Waals surface area contributed by atoms with E-state index in [1.54, 1.807) is 19.2 Å². The van der Waals surface area contributed by atoms with E-state index >= 15 is 0 Å². The van der Waals surface area contributed by atoms with Crippen molar-refractivity contribution in [2.75, 3.05) is 31.3 Å². The minimum Gasteiger partial charge on any atom is -0.496 e. The molecule has 1 unspecified atom stereocenters. The van der Waals surface area contributed by atoms with E-state index in [-0.39, 0.29) is 29.2 Å². The van der Waals surface area contributed by atoms with Gasteiger partial charge in [0.15, 0.2) is 0 Å². The molecule has 2 aromatic carbocycles. The highest BCUT2D eigenvalue weighted by Crippen LogP contribution is 2.32. The molecule has 0 fully saturated rings. The Hall–Kier alpha value is -2.45. The lowest BCUT2D eigenvalue weighted by Gasteiger charge is -2.25. The van der Waals surface area contributed by atoms with Gasteiger partial charge in [-0.05, 0) is 66.8 Å². The molecule has 9 heteroatoms. The number of sulfonamides is 1. The molecule has 1 atom stereocenters. The monoisotopic (exact) mass is 482 g/mol. The van der Waals surface area contributed by atoms with E-state index in [0.29, 0.717) is 5.75 Å². The largest absolute Gasteiger partial charge is 0.496 e. The summed E-state index contributed by atoms with van der Waals surface area (Å²) in [5, 5.41) is 3.16. The van der Waals surface area contributed by atoms with Crippen molar-refractivity contribution in [3.63, 3.8) is 0 Å². The highest BCUT2D eigenvalue weighted by atomic mass is 35.5. The van der Waals surface area contributed by atoms with Gasteiger partial charge in [0.05, 0.1) is 37.2 Å². The van der Waals surface area contributed by atoms with Crippen LogP contribution >= 0.6 is 11.6 Å². The van der Waals surface area contributed by atoms with E-state index in [0.717, 1.165) is 33.0 Å². The third-order valence-electron chi connectivity index (χ3n) is 5.20. The van der Waals surface area contributed by atoms with E-state index < -0.39 is 15.9 Å². The Bertz CT molecular complexity index is 1090. The molecule has 2 rings (SSSR count). The Morgan fingerprint density at radius 1 is 1.06 bits per heavy atom. The number of hydrogen-bond acceptors (Lipinski definition) is 5. The van der Waals surface area contributed by atoms with Crippen LogP contribution in [0.1, 0.15) is 49.4 Å². The lowest BCUT2D eigenvalue weighted by Crippen LogP contribution is -2.41. The van der Waals surface area contributed by atoms with Gasteiger partial charge in [-0.15, -0.1) is 0 Å². The molecule has 0 heterocycles. The van der Waals surface area contributed by atoms with Gasteiger partial charge in [-0.3, -0.25) is 9.10 Å². The molecule has 0 bridgehead atoms. The number of nitrogens with one attached hydrogen (secondary N) is 1. The fourth-order valence-electron chi connectivity index (χ4n) is 3.52. The summed E-state index contributed by atoms with van der Waals surface area (Å²) in [6.07, 6.45) is 1.05. The smallest absolute Gasteiger partial charge is 0.241 e. The normalized spacial score (nSPS) is 12.4. The standard InChI is InChI=1S/C23H31ClN2O5S/c1-14(2)18-12-19(15(3)10-22(18)31-6)16(4)25-23(27)13-26(32(7,28)29)17-8-9-21(30-5)20(24)11-17/h8-12,14,16H,13H2,1-7H3,(H,25,27). The number of hydrogen-bond donors (Lipinski definition) is 1. The van der Waals surface area contributed by atoms with E-state index in [1.807, 2.05) is 26.0 Å². The maximum absolute atomic E-state index is 12.8. The van der Waals surface area contributed by atoms with E-state index in [9.17, 15) is 13.2 Å². The Kier molecular flexibility index (Phi) is 8.42. The first kappa shape index (κ1) is 25.8. The lowest BCUT2D eigenvalue weighted by atomic mass is 9.93. The summed E-state index contributed by atoms with van der Waals surface area (Å²) in [6, 6.07) is 8.22. The van der Waals surface area contributed by atoms with E-state index in [2.05, 4.69) is 19.2 Å². The van der Waals surface area contributed by atoms with Crippen LogP contribution in [-0.2, 0) is 14.8 Å². The van der Waals surface area contributed by atoms with Crippen molar-refractivity contribution >= 4 is 33.2 Å². The first-order valence-electron chi connectivity index (χ1n) is 10.2. The zero-order valence-electron chi connectivity index (χ0n) is 19.5. The number of carbonyl (C=O) groups is 1. The fourth-order valence-corrected chi connectivity index (χ4v) is 4.62. The number of anilines is 1. The fraction of sp³-hybridized carbons (Fsp3) is 0.435. The van der Waals surface area contributed by atoms with Gasteiger partial charge in [-0.1, -0.05) is 25.4 Å². The minimum atomic E-state index is -3.73. The number of ether oxygens (including phenoxy) is 2. The summed E-state index contributed by atoms with van der Waals surface area (Å²) in [4.78, 5) is 12.8. The van der Waals surface area contributed by atoms with Crippen LogP contribution in [0.25, 0.3) is 0 Å². The maximum Gasteiger partial charge on any atom is 0.241 e. The summed E-state index contributed by atoms with van der Waals surface area (Å²) in [5.41, 5.74) is 3.24. The second-order valence-corrected chi connectivity index (χ2v) is 10.3. The quantitative estimate of drug-likeness (QED) is 0.571. The SMILES string of the molecule is COc1ccc(N(CC(=O)NC(C)c2cc(C(C)C)c(OC)cc2C)S(C)(=O)=O)cc1Cl. The lowest BCUT2D eigenvalue weighted by molar-refractivity contribution is -0.120. The number of benzene rings is 2. The predicted octanol–water partition coefficient (Wildman–Crippen LogP) is 4.43. The maximum atomic E-state index is 12.8. The van der Waals surface area contributed by atoms with Gasteiger partial charge in [0.2, 0.25) is 15.9 Å². The van der Waals surface area contributed by atoms with E-state index in [1.165, 1.54) is 13.2 Å². The molecule has 0 aliphatic rings. The van der Waals surface area contributed by atoms with Crippen LogP contribution in [0.4, 0.5) is 5.69 Å². The van der Waals surface area contributed by atoms with Crippen LogP contribution in [0.15, 0.2) is 30.3 Å². The average Bonchev–Trinajstić information content (AvgIpc) is 2.70. The second kappa shape index (κ2) is 10.4. The summed E-state index contributed by atoms with van der Waals surface area (Å²) in [6.45, 7) is 7.59. The molecule has 0 spiro atoms. The zero-order chi connectivity index (χ0) is 24.2. The topological polar surface area (TPSA) is 84.9 Å². The molecule has 1 N–H and O–H groups in total. The highest BCUT2D eigenvalue weighted by molar-refractivity contribution is 7.92. The molecule has 176 valence electrons. The van der Waals surface area contributed by atoms with Gasteiger partial charge in [0, 0.05) is 0 Å². The summed E-state index contributed by atoms with van der Waals surface area (Å²) >= 11 is 6.15. The summed E-state index contributed by atoms with van der Waals surface area (Å²) < 4.78 is 36.4. The molecular formula is C23H31ClN2O5S. The van der Waals surface area contributed by atoms with Crippen molar-refractivity contribution in [1.82, 2.24) is 5.32 Å². The number of carbonyl (C=O) groups excluding carboxylic acids is 1. The van der Waals surface area contributed by atoms with Crippen molar-refractivity contribution in [3.05, 3.63) is 52.0 Å². The number of aryl methyl sites for hydroxylation is 1. The number of nitrogens with zero attached hydrogens (tertiary/aromatic N) is 1. The van der Waals surface area contributed by atoms with Gasteiger partial charge in [-0.2, -0.15) is 0 Å². The molecule has 0 aliphatic carbocycles. The highest BCUT2D eigenvalue weighted by Gasteiger charge is 2.24. The first-order chi connectivity index (χ1) is 14.9. The van der Waals surface area contributed by atoms with Gasteiger partial charge >= 0.3 is 0 Å². The minimum absolute atomic E-state index is 0.243. The first-order valence-corrected chi connectivity index (χ1v) is 12.4. The molecule has 2 aromatic rings. The number of amides is 1. The third-order valence-corrected chi connectivity index (χ3v) is 6.63. The molecule has 0 saturated heterocycles. The number of halogens is 1. The molecular weight excluding hydrogens is 452 g/mol. The van der Waals surface area contributed by atoms with Crippen LogP contribution in [0.5, 0.6) is 11.5 Å². The molecule has 32 heavy (non-hydrogen) atoms. The zero-order valence-corrected chi connectivity index (χ0v) is 21.1. The van der Waals surface area contributed by atoms with Crippen LogP contribution in [0.3, 0.4) is 0 Å². The molecule has 7 nitrogen and oxygen atoms in total. The van der Waals surface area contributed by atoms with Crippen molar-refractivity contribution in [3.8, 4) is 11.5 Å². The van der Waals surface area contributed by atoms with Gasteiger partial charge in [-0.25, -0.2) is 8.42 Å². The number of rotatable bonds is 9. The van der Waals surface area contributed by atoms with Crippen molar-refractivity contribution in [1.29, 1.82) is 0 Å². The van der Waals surface area contributed by atoms with Crippen LogP contribution in [0.2, 0.25) is 5.02 Å². The summed E-state index contributed by atoms with van der Waals surface area (Å²) in [5.74, 6) is 1.03. The Labute approximate surface area is 195 Å². The molecule has 0 saturated carbocycles. The predicted molar refractivity (Wildman–Crippen MR) is 129 cm³/mol. The van der Waals surface area contributed by atoms with Crippen LogP contribution < -0.4 is 19.1 Å². The Morgan fingerprint density at radius 2 is 1.69 bits per heavy atom. The molecule has 0 aliphatic heterocycles. The molecule has 0 aromatic heterocycles. The molecule has 0 radical (unpaired) electrons.